The van der Waals surface area contributed by atoms with Crippen molar-refractivity contribution in [2.24, 2.45) is 5.41 Å². The fourth-order valence-corrected chi connectivity index (χ4v) is 4.68. The molecule has 3 aliphatic rings. The molecule has 10 heteroatoms. The Morgan fingerprint density at radius 3 is 2.58 bits per heavy atom. The molecule has 0 bridgehead atoms. The summed E-state index contributed by atoms with van der Waals surface area (Å²) in [6.07, 6.45) is -3.60. The van der Waals surface area contributed by atoms with E-state index in [0.29, 0.717) is 50.9 Å². The Morgan fingerprint density at radius 2 is 1.94 bits per heavy atom. The molecule has 1 aromatic rings. The first-order valence-electron chi connectivity index (χ1n) is 11.0. The van der Waals surface area contributed by atoms with Gasteiger partial charge in [-0.25, -0.2) is 4.68 Å². The van der Waals surface area contributed by atoms with Crippen molar-refractivity contribution >= 4 is 11.7 Å². The molecule has 4 rings (SSSR count). The molecule has 1 N–H and O–H groups in total. The van der Waals surface area contributed by atoms with Gasteiger partial charge < -0.3 is 15.0 Å². The third-order valence-corrected chi connectivity index (χ3v) is 6.67. The second kappa shape index (κ2) is 8.27. The van der Waals surface area contributed by atoms with Crippen LogP contribution in [0.3, 0.4) is 0 Å². The summed E-state index contributed by atoms with van der Waals surface area (Å²) < 4.78 is 47.8. The number of hydrogen-bond donors (Lipinski definition) is 1. The minimum absolute atomic E-state index is 0.0272. The van der Waals surface area contributed by atoms with Crippen LogP contribution in [0.2, 0.25) is 0 Å². The molecule has 3 atom stereocenters. The Hall–Kier alpha value is -1.81. The van der Waals surface area contributed by atoms with Gasteiger partial charge in [-0.2, -0.15) is 18.3 Å². The van der Waals surface area contributed by atoms with Crippen molar-refractivity contribution in [3.05, 3.63) is 11.8 Å². The Morgan fingerprint density at radius 1 is 1.23 bits per heavy atom. The van der Waals surface area contributed by atoms with Crippen molar-refractivity contribution < 1.29 is 22.7 Å². The van der Waals surface area contributed by atoms with Crippen LogP contribution in [0.25, 0.3) is 0 Å². The minimum atomic E-state index is -4.35. The van der Waals surface area contributed by atoms with Gasteiger partial charge in [0.2, 0.25) is 5.91 Å². The van der Waals surface area contributed by atoms with Crippen LogP contribution in [0.5, 0.6) is 0 Å². The van der Waals surface area contributed by atoms with Crippen LogP contribution in [0.15, 0.2) is 6.07 Å². The number of morpholine rings is 1. The largest absolute Gasteiger partial charge is 0.410 e. The van der Waals surface area contributed by atoms with Crippen LogP contribution in [-0.4, -0.2) is 83.6 Å². The molecule has 0 unspecified atom stereocenters. The van der Waals surface area contributed by atoms with E-state index < -0.39 is 12.2 Å². The van der Waals surface area contributed by atoms with Crippen molar-refractivity contribution in [2.45, 2.75) is 57.8 Å². The lowest BCUT2D eigenvalue weighted by Gasteiger charge is -2.39. The molecule has 0 aliphatic carbocycles. The molecular weight excluding hydrogens is 411 g/mol. The summed E-state index contributed by atoms with van der Waals surface area (Å²) in [4.78, 5) is 16.4. The molecule has 174 valence electrons. The summed E-state index contributed by atoms with van der Waals surface area (Å²) in [5.41, 5.74) is 0.371. The zero-order valence-electron chi connectivity index (χ0n) is 18.4. The van der Waals surface area contributed by atoms with Gasteiger partial charge in [-0.15, -0.1) is 0 Å². The summed E-state index contributed by atoms with van der Waals surface area (Å²) in [6, 6.07) is -0.140. The molecule has 1 aromatic heterocycles. The highest BCUT2D eigenvalue weighted by Crippen LogP contribution is 2.44. The van der Waals surface area contributed by atoms with E-state index in [4.69, 9.17) is 4.74 Å². The monoisotopic (exact) mass is 443 g/mol. The third kappa shape index (κ3) is 4.84. The van der Waals surface area contributed by atoms with Crippen LogP contribution < -0.4 is 5.32 Å². The molecule has 2 saturated heterocycles. The average molecular weight is 444 g/mol. The minimum Gasteiger partial charge on any atom is -0.378 e. The SMILES string of the molecule is CC(C)(C)[C@@H]1C[C@H](C(F)(F)F)n2nc([C@@H]3CCN(CC(=O)N4CCOCC4)C3)cc2N1. The normalized spacial score (nSPS) is 27.8. The summed E-state index contributed by atoms with van der Waals surface area (Å²) in [7, 11) is 0. The van der Waals surface area contributed by atoms with E-state index in [1.54, 1.807) is 6.07 Å². The molecule has 0 spiro atoms. The van der Waals surface area contributed by atoms with Gasteiger partial charge in [0, 0.05) is 37.7 Å². The van der Waals surface area contributed by atoms with Crippen LogP contribution in [-0.2, 0) is 9.53 Å². The number of anilines is 1. The van der Waals surface area contributed by atoms with E-state index in [9.17, 15) is 18.0 Å². The maximum atomic E-state index is 13.8. The number of halogens is 3. The zero-order chi connectivity index (χ0) is 22.4. The Kier molecular flexibility index (Phi) is 5.97. The predicted octanol–water partition coefficient (Wildman–Crippen LogP) is 2.86. The topological polar surface area (TPSA) is 62.6 Å². The van der Waals surface area contributed by atoms with E-state index in [0.717, 1.165) is 17.6 Å². The molecular formula is C21H32F3N5O2. The highest BCUT2D eigenvalue weighted by atomic mass is 19.4. The zero-order valence-corrected chi connectivity index (χ0v) is 18.4. The van der Waals surface area contributed by atoms with Crippen molar-refractivity contribution in [1.82, 2.24) is 19.6 Å². The first kappa shape index (κ1) is 22.4. The Bertz CT molecular complexity index is 798. The van der Waals surface area contributed by atoms with Gasteiger partial charge in [-0.05, 0) is 24.8 Å². The van der Waals surface area contributed by atoms with E-state index in [1.165, 1.54) is 0 Å². The van der Waals surface area contributed by atoms with E-state index in [2.05, 4.69) is 15.3 Å². The number of likely N-dealkylation sites (tertiary alicyclic amines) is 1. The van der Waals surface area contributed by atoms with Gasteiger partial charge in [0.25, 0.3) is 0 Å². The van der Waals surface area contributed by atoms with Crippen LogP contribution >= 0.6 is 0 Å². The number of hydrogen-bond acceptors (Lipinski definition) is 5. The van der Waals surface area contributed by atoms with E-state index in [1.807, 2.05) is 25.7 Å². The average Bonchev–Trinajstić information content (AvgIpc) is 3.32. The smallest absolute Gasteiger partial charge is 0.378 e. The first-order valence-corrected chi connectivity index (χ1v) is 11.0. The maximum absolute atomic E-state index is 13.8. The van der Waals surface area contributed by atoms with Gasteiger partial charge in [-0.1, -0.05) is 20.8 Å². The number of fused-ring (bicyclic) bond motifs is 1. The lowest BCUT2D eigenvalue weighted by Crippen LogP contribution is -2.45. The molecule has 0 aromatic carbocycles. The summed E-state index contributed by atoms with van der Waals surface area (Å²) >= 11 is 0. The number of rotatable bonds is 3. The van der Waals surface area contributed by atoms with Crippen molar-refractivity contribution in [1.29, 1.82) is 0 Å². The lowest BCUT2D eigenvalue weighted by atomic mass is 9.82. The quantitative estimate of drug-likeness (QED) is 0.779. The summed E-state index contributed by atoms with van der Waals surface area (Å²) in [5.74, 6) is 0.547. The van der Waals surface area contributed by atoms with Gasteiger partial charge in [-0.3, -0.25) is 9.69 Å². The fraction of sp³-hybridized carbons (Fsp3) is 0.810. The Balaban J connectivity index is 1.45. The van der Waals surface area contributed by atoms with Gasteiger partial charge in [0.15, 0.2) is 6.04 Å². The number of ether oxygens (including phenoxy) is 1. The molecule has 0 radical (unpaired) electrons. The molecule has 4 heterocycles. The second-order valence-electron chi connectivity index (χ2n) is 9.97. The standard InChI is InChI=1S/C21H32F3N5O2/c1-20(2,3)16-11-17(21(22,23)24)29-18(25-16)10-15(26-29)14-4-5-27(12-14)13-19(30)28-6-8-31-9-7-28/h10,14,16-17,25H,4-9,11-13H2,1-3H3/t14-,16+,17-/m1/s1. The maximum Gasteiger partial charge on any atom is 0.410 e. The summed E-state index contributed by atoms with van der Waals surface area (Å²) in [6.45, 7) is 9.92. The molecule has 31 heavy (non-hydrogen) atoms. The number of alkyl halides is 3. The highest BCUT2D eigenvalue weighted by molar-refractivity contribution is 5.78. The van der Waals surface area contributed by atoms with Crippen LogP contribution in [0, 0.1) is 5.41 Å². The molecule has 3 aliphatic heterocycles. The van der Waals surface area contributed by atoms with Crippen LogP contribution in [0.4, 0.5) is 19.0 Å². The number of carbonyl (C=O) groups is 1. The Labute approximate surface area is 180 Å². The van der Waals surface area contributed by atoms with E-state index in [-0.39, 0.29) is 29.7 Å². The number of aromatic nitrogens is 2. The molecule has 0 saturated carbocycles. The fourth-order valence-electron chi connectivity index (χ4n) is 4.68. The first-order chi connectivity index (χ1) is 14.5. The number of nitrogens with one attached hydrogen (secondary N) is 1. The molecule has 7 nitrogen and oxygen atoms in total. The molecule has 2 fully saturated rings. The third-order valence-electron chi connectivity index (χ3n) is 6.67. The van der Waals surface area contributed by atoms with E-state index >= 15 is 0 Å². The number of nitrogens with zero attached hydrogens (tertiary/aromatic N) is 4. The van der Waals surface area contributed by atoms with Crippen LogP contribution in [0.1, 0.15) is 51.3 Å². The van der Waals surface area contributed by atoms with Gasteiger partial charge in [0.1, 0.15) is 5.82 Å². The van der Waals surface area contributed by atoms with Crippen molar-refractivity contribution in [3.8, 4) is 0 Å². The lowest BCUT2D eigenvalue weighted by molar-refractivity contribution is -0.175. The summed E-state index contributed by atoms with van der Waals surface area (Å²) in [5, 5.41) is 7.68. The number of carbonyl (C=O) groups excluding carboxylic acids is 1. The van der Waals surface area contributed by atoms with Gasteiger partial charge >= 0.3 is 6.18 Å². The van der Waals surface area contributed by atoms with Gasteiger partial charge in [0.05, 0.1) is 25.5 Å². The second-order valence-corrected chi connectivity index (χ2v) is 9.97. The molecule has 1 amide bonds. The van der Waals surface area contributed by atoms with Crippen molar-refractivity contribution in [2.75, 3.05) is 51.3 Å². The number of amides is 1. The van der Waals surface area contributed by atoms with Crippen molar-refractivity contribution in [3.63, 3.8) is 0 Å². The predicted molar refractivity (Wildman–Crippen MR) is 110 cm³/mol. The highest BCUT2D eigenvalue weighted by Gasteiger charge is 2.48.